The van der Waals surface area contributed by atoms with Gasteiger partial charge < -0.3 is 10.3 Å². The van der Waals surface area contributed by atoms with Gasteiger partial charge in [0.05, 0.1) is 11.1 Å². The summed E-state index contributed by atoms with van der Waals surface area (Å²) in [4.78, 5) is 4.25. The quantitative estimate of drug-likeness (QED) is 0.885. The number of rotatable bonds is 2. The first-order chi connectivity index (χ1) is 8.69. The Morgan fingerprint density at radius 1 is 1.22 bits per heavy atom. The molecule has 1 aromatic heterocycles. The van der Waals surface area contributed by atoms with Crippen LogP contribution in [0.2, 0.25) is 0 Å². The van der Waals surface area contributed by atoms with Crippen molar-refractivity contribution in [1.82, 2.24) is 10.1 Å². The fourth-order valence-electron chi connectivity index (χ4n) is 2.40. The Hall–Kier alpha value is -1.75. The van der Waals surface area contributed by atoms with Gasteiger partial charge in [-0.1, -0.05) is 30.1 Å². The van der Waals surface area contributed by atoms with Gasteiger partial charge in [0, 0.05) is 0 Å². The van der Waals surface area contributed by atoms with E-state index in [1.54, 1.807) is 18.2 Å². The van der Waals surface area contributed by atoms with Crippen LogP contribution in [0.4, 0.5) is 4.39 Å². The van der Waals surface area contributed by atoms with Crippen molar-refractivity contribution in [1.29, 1.82) is 0 Å². The lowest BCUT2D eigenvalue weighted by Crippen LogP contribution is -2.34. The second-order valence-electron chi connectivity index (χ2n) is 4.77. The van der Waals surface area contributed by atoms with Crippen LogP contribution in [0.3, 0.4) is 0 Å². The van der Waals surface area contributed by atoms with Crippen LogP contribution in [-0.4, -0.2) is 10.1 Å². The first kappa shape index (κ1) is 11.3. The first-order valence-corrected chi connectivity index (χ1v) is 6.07. The molecule has 0 spiro atoms. The summed E-state index contributed by atoms with van der Waals surface area (Å²) in [5.41, 5.74) is 6.04. The largest absolute Gasteiger partial charge is 0.334 e. The summed E-state index contributed by atoms with van der Waals surface area (Å²) >= 11 is 0. The minimum Gasteiger partial charge on any atom is -0.334 e. The average Bonchev–Trinajstić information content (AvgIpc) is 2.99. The van der Waals surface area contributed by atoms with Gasteiger partial charge in [-0.15, -0.1) is 0 Å². The molecule has 0 atom stereocenters. The smallest absolute Gasteiger partial charge is 0.260 e. The van der Waals surface area contributed by atoms with Crippen molar-refractivity contribution in [3.8, 4) is 11.5 Å². The van der Waals surface area contributed by atoms with Gasteiger partial charge in [-0.25, -0.2) is 4.39 Å². The third-order valence-electron chi connectivity index (χ3n) is 3.47. The van der Waals surface area contributed by atoms with Gasteiger partial charge in [-0.2, -0.15) is 4.98 Å². The van der Waals surface area contributed by atoms with Crippen LogP contribution in [0.25, 0.3) is 11.5 Å². The van der Waals surface area contributed by atoms with Crippen molar-refractivity contribution in [2.24, 2.45) is 5.73 Å². The molecule has 3 rings (SSSR count). The van der Waals surface area contributed by atoms with E-state index in [1.807, 2.05) is 0 Å². The summed E-state index contributed by atoms with van der Waals surface area (Å²) in [6.45, 7) is 0. The van der Waals surface area contributed by atoms with Gasteiger partial charge in [0.1, 0.15) is 5.82 Å². The molecule has 1 fully saturated rings. The van der Waals surface area contributed by atoms with Gasteiger partial charge in [0.25, 0.3) is 5.89 Å². The van der Waals surface area contributed by atoms with E-state index in [0.29, 0.717) is 11.4 Å². The van der Waals surface area contributed by atoms with Crippen LogP contribution in [0.5, 0.6) is 0 Å². The highest BCUT2D eigenvalue weighted by Crippen LogP contribution is 2.35. The van der Waals surface area contributed by atoms with Crippen molar-refractivity contribution in [2.45, 2.75) is 31.2 Å². The zero-order valence-corrected chi connectivity index (χ0v) is 9.90. The molecule has 94 valence electrons. The van der Waals surface area contributed by atoms with Crippen molar-refractivity contribution < 1.29 is 8.91 Å². The Balaban J connectivity index is 1.97. The number of benzene rings is 1. The van der Waals surface area contributed by atoms with E-state index < -0.39 is 5.54 Å². The average molecular weight is 247 g/mol. The summed E-state index contributed by atoms with van der Waals surface area (Å²) in [7, 11) is 0. The third kappa shape index (κ3) is 1.80. The van der Waals surface area contributed by atoms with E-state index in [-0.39, 0.29) is 11.7 Å². The number of aromatic nitrogens is 2. The maximum atomic E-state index is 13.6. The number of halogens is 1. The molecule has 0 bridgehead atoms. The lowest BCUT2D eigenvalue weighted by Gasteiger charge is -2.17. The minimum atomic E-state index is -0.507. The lowest BCUT2D eigenvalue weighted by atomic mass is 9.99. The monoisotopic (exact) mass is 247 g/mol. The van der Waals surface area contributed by atoms with E-state index >= 15 is 0 Å². The molecule has 2 N–H and O–H groups in total. The topological polar surface area (TPSA) is 64.9 Å². The normalized spacial score (nSPS) is 18.1. The molecular formula is C13H14FN3O. The van der Waals surface area contributed by atoms with Gasteiger partial charge in [0.15, 0.2) is 5.82 Å². The number of nitrogens with two attached hydrogens (primary N) is 1. The van der Waals surface area contributed by atoms with E-state index in [0.717, 1.165) is 25.7 Å². The Morgan fingerprint density at radius 3 is 2.67 bits per heavy atom. The van der Waals surface area contributed by atoms with Crippen LogP contribution in [-0.2, 0) is 5.54 Å². The summed E-state index contributed by atoms with van der Waals surface area (Å²) in [6, 6.07) is 6.34. The van der Waals surface area contributed by atoms with Crippen LogP contribution in [0, 0.1) is 5.82 Å². The first-order valence-electron chi connectivity index (χ1n) is 6.07. The number of hydrogen-bond donors (Lipinski definition) is 1. The molecule has 0 amide bonds. The molecule has 0 unspecified atom stereocenters. The van der Waals surface area contributed by atoms with Crippen molar-refractivity contribution in [3.05, 3.63) is 35.9 Å². The molecule has 0 aliphatic heterocycles. The van der Waals surface area contributed by atoms with Crippen LogP contribution in [0.15, 0.2) is 28.8 Å². The highest BCUT2D eigenvalue weighted by atomic mass is 19.1. The minimum absolute atomic E-state index is 0.194. The summed E-state index contributed by atoms with van der Waals surface area (Å²) in [5, 5.41) is 3.91. The van der Waals surface area contributed by atoms with Crippen LogP contribution >= 0.6 is 0 Å². The summed E-state index contributed by atoms with van der Waals surface area (Å²) in [6.07, 6.45) is 3.84. The van der Waals surface area contributed by atoms with Crippen LogP contribution in [0.1, 0.15) is 31.5 Å². The maximum Gasteiger partial charge on any atom is 0.260 e. The molecule has 1 aliphatic rings. The Bertz CT molecular complexity index is 561. The SMILES string of the molecule is NC1(c2noc(-c3ccccc3F)n2)CCCC1. The van der Waals surface area contributed by atoms with E-state index in [4.69, 9.17) is 10.3 Å². The van der Waals surface area contributed by atoms with Crippen molar-refractivity contribution >= 4 is 0 Å². The van der Waals surface area contributed by atoms with Crippen LogP contribution < -0.4 is 5.73 Å². The predicted octanol–water partition coefficient (Wildman–Crippen LogP) is 2.60. The molecule has 0 saturated heterocycles. The van der Waals surface area contributed by atoms with Crippen molar-refractivity contribution in [2.75, 3.05) is 0 Å². The van der Waals surface area contributed by atoms with E-state index in [1.165, 1.54) is 6.07 Å². The highest BCUT2D eigenvalue weighted by molar-refractivity contribution is 5.53. The molecule has 2 aromatic rings. The Labute approximate surface area is 104 Å². The molecule has 1 heterocycles. The lowest BCUT2D eigenvalue weighted by molar-refractivity contribution is 0.372. The molecule has 1 aliphatic carbocycles. The maximum absolute atomic E-state index is 13.6. The standard InChI is InChI=1S/C13H14FN3O/c14-10-6-2-1-5-9(10)11-16-12(17-18-11)13(15)7-3-4-8-13/h1-2,5-6H,3-4,7-8,15H2. The van der Waals surface area contributed by atoms with E-state index in [9.17, 15) is 4.39 Å². The highest BCUT2D eigenvalue weighted by Gasteiger charge is 2.36. The molecular weight excluding hydrogens is 233 g/mol. The zero-order chi connectivity index (χ0) is 12.6. The van der Waals surface area contributed by atoms with Gasteiger partial charge in [-0.05, 0) is 25.0 Å². The van der Waals surface area contributed by atoms with Gasteiger partial charge >= 0.3 is 0 Å². The fraction of sp³-hybridized carbons (Fsp3) is 0.385. The molecule has 18 heavy (non-hydrogen) atoms. The van der Waals surface area contributed by atoms with Gasteiger partial charge in [-0.3, -0.25) is 0 Å². The predicted molar refractivity (Wildman–Crippen MR) is 64.0 cm³/mol. The van der Waals surface area contributed by atoms with Crippen molar-refractivity contribution in [3.63, 3.8) is 0 Å². The fourth-order valence-corrected chi connectivity index (χ4v) is 2.40. The Morgan fingerprint density at radius 2 is 1.94 bits per heavy atom. The Kier molecular flexibility index (Phi) is 2.63. The molecule has 1 aromatic carbocycles. The second-order valence-corrected chi connectivity index (χ2v) is 4.77. The zero-order valence-electron chi connectivity index (χ0n) is 9.90. The number of nitrogens with zero attached hydrogens (tertiary/aromatic N) is 2. The van der Waals surface area contributed by atoms with E-state index in [2.05, 4.69) is 10.1 Å². The molecule has 4 nitrogen and oxygen atoms in total. The second kappa shape index (κ2) is 4.17. The summed E-state index contributed by atoms with van der Waals surface area (Å²) < 4.78 is 18.7. The number of hydrogen-bond acceptors (Lipinski definition) is 4. The third-order valence-corrected chi connectivity index (χ3v) is 3.47. The molecule has 1 saturated carbocycles. The van der Waals surface area contributed by atoms with Gasteiger partial charge in [0.2, 0.25) is 0 Å². The molecule has 5 heteroatoms. The molecule has 0 radical (unpaired) electrons. The summed E-state index contributed by atoms with van der Waals surface area (Å²) in [5.74, 6) is 0.309.